The third kappa shape index (κ3) is 5.77. The van der Waals surface area contributed by atoms with Crippen LogP contribution < -0.4 is 10.5 Å². The quantitative estimate of drug-likeness (QED) is 0.565. The zero-order valence-corrected chi connectivity index (χ0v) is 17.1. The van der Waals surface area contributed by atoms with Gasteiger partial charge >= 0.3 is 5.97 Å². The van der Waals surface area contributed by atoms with Crippen molar-refractivity contribution in [2.24, 2.45) is 5.73 Å². The topological polar surface area (TPSA) is 127 Å². The van der Waals surface area contributed by atoms with Gasteiger partial charge < -0.3 is 10.5 Å². The van der Waals surface area contributed by atoms with Gasteiger partial charge in [-0.05, 0) is 24.0 Å². The molecule has 0 amide bonds. The van der Waals surface area contributed by atoms with E-state index in [1.807, 2.05) is 24.3 Å². The summed E-state index contributed by atoms with van der Waals surface area (Å²) in [5.74, 6) is -0.351. The Morgan fingerprint density at radius 2 is 1.85 bits per heavy atom. The number of carbonyl (C=O) groups is 1. The van der Waals surface area contributed by atoms with Gasteiger partial charge in [0.25, 0.3) is 10.0 Å². The standard InChI is InChI=1S/C17H24N4O4S.ClH/c1-4-25-17(22)14-9-19-21-16(14)26(23,24)20-10-15(18)13-7-5-12(6-8-13)11(2)3;/h5-9,11,15,20H,4,10,18H2,1-3H3,(H,19,21);1H. The number of aromatic amines is 1. The third-order valence-electron chi connectivity index (χ3n) is 3.89. The highest BCUT2D eigenvalue weighted by molar-refractivity contribution is 7.89. The van der Waals surface area contributed by atoms with E-state index >= 15 is 0 Å². The molecule has 0 bridgehead atoms. The van der Waals surface area contributed by atoms with E-state index in [4.69, 9.17) is 10.5 Å². The van der Waals surface area contributed by atoms with Gasteiger partial charge in [0, 0.05) is 12.6 Å². The van der Waals surface area contributed by atoms with Crippen LogP contribution in [0.15, 0.2) is 35.5 Å². The molecule has 0 fully saturated rings. The number of ether oxygens (including phenoxy) is 1. The van der Waals surface area contributed by atoms with E-state index in [0.717, 1.165) is 11.8 Å². The fourth-order valence-corrected chi connectivity index (χ4v) is 3.49. The summed E-state index contributed by atoms with van der Waals surface area (Å²) >= 11 is 0. The number of nitrogens with one attached hydrogen (secondary N) is 2. The number of nitrogens with two attached hydrogens (primary N) is 1. The Hall–Kier alpha value is -1.94. The first-order chi connectivity index (χ1) is 12.3. The molecule has 1 aromatic carbocycles. The van der Waals surface area contributed by atoms with E-state index in [1.165, 1.54) is 5.56 Å². The van der Waals surface area contributed by atoms with Crippen molar-refractivity contribution >= 4 is 28.4 Å². The van der Waals surface area contributed by atoms with Crippen LogP contribution in [0.2, 0.25) is 0 Å². The number of sulfonamides is 1. The van der Waals surface area contributed by atoms with Gasteiger partial charge in [-0.15, -0.1) is 12.4 Å². The predicted octanol–water partition coefficient (Wildman–Crippen LogP) is 2.11. The van der Waals surface area contributed by atoms with Crippen LogP contribution in [-0.2, 0) is 14.8 Å². The number of hydrogen-bond acceptors (Lipinski definition) is 6. The summed E-state index contributed by atoms with van der Waals surface area (Å²) in [4.78, 5) is 11.8. The van der Waals surface area contributed by atoms with Crippen molar-refractivity contribution in [3.05, 3.63) is 47.2 Å². The van der Waals surface area contributed by atoms with Crippen LogP contribution in [0.25, 0.3) is 0 Å². The number of hydrogen-bond donors (Lipinski definition) is 3. The summed E-state index contributed by atoms with van der Waals surface area (Å²) in [6, 6.07) is 7.19. The summed E-state index contributed by atoms with van der Waals surface area (Å²) in [6.45, 7) is 5.93. The number of halogens is 1. The Kier molecular flexibility index (Phi) is 8.42. The number of H-pyrrole nitrogens is 1. The second-order valence-corrected chi connectivity index (χ2v) is 7.82. The molecule has 0 spiro atoms. The number of esters is 1. The largest absolute Gasteiger partial charge is 0.462 e. The molecule has 1 atom stereocenters. The molecule has 0 saturated heterocycles. The average molecular weight is 417 g/mol. The van der Waals surface area contributed by atoms with Gasteiger partial charge in [-0.25, -0.2) is 17.9 Å². The first-order valence-corrected chi connectivity index (χ1v) is 9.80. The SMILES string of the molecule is CCOC(=O)c1cn[nH]c1S(=O)(=O)NCC(N)c1ccc(C(C)C)cc1.Cl. The lowest BCUT2D eigenvalue weighted by atomic mass is 9.99. The molecule has 10 heteroatoms. The van der Waals surface area contributed by atoms with E-state index in [2.05, 4.69) is 28.8 Å². The summed E-state index contributed by atoms with van der Waals surface area (Å²) in [7, 11) is -3.98. The molecule has 2 aromatic rings. The maximum Gasteiger partial charge on any atom is 0.342 e. The lowest BCUT2D eigenvalue weighted by Gasteiger charge is -2.14. The Balaban J connectivity index is 0.00000364. The summed E-state index contributed by atoms with van der Waals surface area (Å²) in [6.07, 6.45) is 1.12. The Bertz CT molecular complexity index is 850. The van der Waals surface area contributed by atoms with Gasteiger partial charge in [0.1, 0.15) is 5.56 Å². The highest BCUT2D eigenvalue weighted by Gasteiger charge is 2.26. The van der Waals surface area contributed by atoms with Crippen molar-refractivity contribution in [2.45, 2.75) is 37.8 Å². The number of nitrogens with zero attached hydrogens (tertiary/aromatic N) is 1. The van der Waals surface area contributed by atoms with Crippen LogP contribution in [-0.4, -0.2) is 37.7 Å². The molecule has 150 valence electrons. The second kappa shape index (κ2) is 9.84. The van der Waals surface area contributed by atoms with Crippen molar-refractivity contribution < 1.29 is 17.9 Å². The third-order valence-corrected chi connectivity index (χ3v) is 5.29. The average Bonchev–Trinajstić information content (AvgIpc) is 3.11. The second-order valence-electron chi connectivity index (χ2n) is 6.11. The maximum absolute atomic E-state index is 12.5. The van der Waals surface area contributed by atoms with Crippen molar-refractivity contribution in [3.63, 3.8) is 0 Å². The molecular weight excluding hydrogens is 392 g/mol. The monoisotopic (exact) mass is 416 g/mol. The zero-order valence-electron chi connectivity index (χ0n) is 15.4. The van der Waals surface area contributed by atoms with Gasteiger partial charge in [-0.1, -0.05) is 38.1 Å². The molecule has 27 heavy (non-hydrogen) atoms. The fraction of sp³-hybridized carbons (Fsp3) is 0.412. The van der Waals surface area contributed by atoms with Crippen LogP contribution in [0.5, 0.6) is 0 Å². The van der Waals surface area contributed by atoms with E-state index < -0.39 is 22.0 Å². The van der Waals surface area contributed by atoms with E-state index in [1.54, 1.807) is 6.92 Å². The highest BCUT2D eigenvalue weighted by Crippen LogP contribution is 2.18. The van der Waals surface area contributed by atoms with Crippen molar-refractivity contribution in [3.8, 4) is 0 Å². The molecule has 0 aliphatic carbocycles. The van der Waals surface area contributed by atoms with Gasteiger partial charge in [0.05, 0.1) is 12.8 Å². The minimum atomic E-state index is -3.98. The number of rotatable bonds is 8. The molecule has 1 aromatic heterocycles. The molecule has 1 unspecified atom stereocenters. The highest BCUT2D eigenvalue weighted by atomic mass is 35.5. The summed E-state index contributed by atoms with van der Waals surface area (Å²) < 4.78 is 32.1. The van der Waals surface area contributed by atoms with Gasteiger partial charge in [0.2, 0.25) is 0 Å². The maximum atomic E-state index is 12.5. The zero-order chi connectivity index (χ0) is 19.3. The normalized spacial score (nSPS) is 12.5. The molecule has 4 N–H and O–H groups in total. The Morgan fingerprint density at radius 1 is 1.26 bits per heavy atom. The van der Waals surface area contributed by atoms with Crippen molar-refractivity contribution in [1.29, 1.82) is 0 Å². The lowest BCUT2D eigenvalue weighted by Crippen LogP contribution is -2.33. The van der Waals surface area contributed by atoms with E-state index in [-0.39, 0.29) is 36.1 Å². The van der Waals surface area contributed by atoms with Crippen LogP contribution in [0.4, 0.5) is 0 Å². The molecule has 0 aliphatic heterocycles. The minimum absolute atomic E-state index is 0. The molecule has 8 nitrogen and oxygen atoms in total. The Morgan fingerprint density at radius 3 is 2.41 bits per heavy atom. The number of benzene rings is 1. The van der Waals surface area contributed by atoms with Crippen LogP contribution in [0.3, 0.4) is 0 Å². The molecule has 0 aliphatic rings. The number of carbonyl (C=O) groups excluding carboxylic acids is 1. The molecule has 0 saturated carbocycles. The van der Waals surface area contributed by atoms with Gasteiger partial charge in [-0.2, -0.15) is 5.10 Å². The molecule has 0 radical (unpaired) electrons. The minimum Gasteiger partial charge on any atom is -0.462 e. The van der Waals surface area contributed by atoms with Gasteiger partial charge in [0.15, 0.2) is 5.03 Å². The Labute approximate surface area is 165 Å². The molecule has 1 heterocycles. The van der Waals surface area contributed by atoms with Gasteiger partial charge in [-0.3, -0.25) is 5.10 Å². The van der Waals surface area contributed by atoms with Crippen molar-refractivity contribution in [1.82, 2.24) is 14.9 Å². The molecule has 2 rings (SSSR count). The van der Waals surface area contributed by atoms with Crippen LogP contribution in [0, 0.1) is 0 Å². The van der Waals surface area contributed by atoms with Crippen LogP contribution in [0.1, 0.15) is 54.2 Å². The first kappa shape index (κ1) is 23.1. The van der Waals surface area contributed by atoms with E-state index in [9.17, 15) is 13.2 Å². The first-order valence-electron chi connectivity index (χ1n) is 8.31. The van der Waals surface area contributed by atoms with Crippen molar-refractivity contribution in [2.75, 3.05) is 13.2 Å². The summed E-state index contributed by atoms with van der Waals surface area (Å²) in [5, 5.41) is 5.62. The summed E-state index contributed by atoms with van der Waals surface area (Å²) in [5.41, 5.74) is 7.93. The van der Waals surface area contributed by atoms with Crippen LogP contribution >= 0.6 is 12.4 Å². The molecular formula is C17H25ClN4O4S. The fourth-order valence-electron chi connectivity index (χ4n) is 2.35. The number of aromatic nitrogens is 2. The smallest absolute Gasteiger partial charge is 0.342 e. The predicted molar refractivity (Wildman–Crippen MR) is 104 cm³/mol. The van der Waals surface area contributed by atoms with E-state index in [0.29, 0.717) is 5.92 Å². The lowest BCUT2D eigenvalue weighted by molar-refractivity contribution is 0.0522.